The molecule has 1 aliphatic rings. The standard InChI is InChI=1S/C15H31N3O/c1-4-16-15(18-13(2)3)17-11-8-12-19-14-9-6-5-7-10-14/h13-14H,4-12H2,1-3H3,(H2,16,17,18). The largest absolute Gasteiger partial charge is 0.378 e. The number of guanidine groups is 1. The first-order valence-corrected chi connectivity index (χ1v) is 7.88. The van der Waals surface area contributed by atoms with Crippen molar-refractivity contribution in [2.24, 2.45) is 4.99 Å². The molecule has 0 spiro atoms. The zero-order valence-electron chi connectivity index (χ0n) is 12.9. The van der Waals surface area contributed by atoms with Gasteiger partial charge in [0.2, 0.25) is 0 Å². The van der Waals surface area contributed by atoms with E-state index < -0.39 is 0 Å². The van der Waals surface area contributed by atoms with Gasteiger partial charge in [0.05, 0.1) is 6.10 Å². The van der Waals surface area contributed by atoms with E-state index in [1.807, 2.05) is 0 Å². The van der Waals surface area contributed by atoms with Crippen molar-refractivity contribution >= 4 is 5.96 Å². The maximum atomic E-state index is 5.90. The summed E-state index contributed by atoms with van der Waals surface area (Å²) in [7, 11) is 0. The van der Waals surface area contributed by atoms with Crippen molar-refractivity contribution in [1.29, 1.82) is 0 Å². The monoisotopic (exact) mass is 269 g/mol. The smallest absolute Gasteiger partial charge is 0.191 e. The second-order valence-electron chi connectivity index (χ2n) is 5.54. The number of aliphatic imine (C=N–C) groups is 1. The van der Waals surface area contributed by atoms with Gasteiger partial charge in [-0.25, -0.2) is 0 Å². The van der Waals surface area contributed by atoms with Gasteiger partial charge in [-0.3, -0.25) is 4.99 Å². The first-order valence-electron chi connectivity index (χ1n) is 7.88. The average Bonchev–Trinajstić information content (AvgIpc) is 2.39. The Morgan fingerprint density at radius 2 is 2.00 bits per heavy atom. The van der Waals surface area contributed by atoms with Crippen LogP contribution in [0.5, 0.6) is 0 Å². The van der Waals surface area contributed by atoms with E-state index in [1.165, 1.54) is 32.1 Å². The minimum atomic E-state index is 0.413. The fraction of sp³-hybridized carbons (Fsp3) is 0.933. The van der Waals surface area contributed by atoms with E-state index in [2.05, 4.69) is 36.4 Å². The predicted molar refractivity (Wildman–Crippen MR) is 81.7 cm³/mol. The van der Waals surface area contributed by atoms with E-state index in [0.29, 0.717) is 12.1 Å². The van der Waals surface area contributed by atoms with Crippen LogP contribution >= 0.6 is 0 Å². The first kappa shape index (κ1) is 16.3. The molecule has 0 bridgehead atoms. The lowest BCUT2D eigenvalue weighted by Crippen LogP contribution is -2.41. The highest BCUT2D eigenvalue weighted by Crippen LogP contribution is 2.20. The fourth-order valence-corrected chi connectivity index (χ4v) is 2.33. The van der Waals surface area contributed by atoms with E-state index in [4.69, 9.17) is 4.74 Å². The molecule has 0 unspecified atom stereocenters. The molecule has 0 aromatic heterocycles. The molecule has 1 saturated carbocycles. The van der Waals surface area contributed by atoms with Crippen molar-refractivity contribution in [3.8, 4) is 0 Å². The highest BCUT2D eigenvalue weighted by atomic mass is 16.5. The first-order chi connectivity index (χ1) is 9.22. The van der Waals surface area contributed by atoms with E-state index in [9.17, 15) is 0 Å². The van der Waals surface area contributed by atoms with Gasteiger partial charge >= 0.3 is 0 Å². The maximum Gasteiger partial charge on any atom is 0.191 e. The molecule has 2 N–H and O–H groups in total. The predicted octanol–water partition coefficient (Wildman–Crippen LogP) is 2.69. The maximum absolute atomic E-state index is 5.90. The van der Waals surface area contributed by atoms with Gasteiger partial charge in [0.1, 0.15) is 0 Å². The van der Waals surface area contributed by atoms with Gasteiger partial charge in [0, 0.05) is 25.7 Å². The molecule has 0 radical (unpaired) electrons. The normalized spacial score (nSPS) is 17.8. The summed E-state index contributed by atoms with van der Waals surface area (Å²) in [5, 5.41) is 6.57. The molecular weight excluding hydrogens is 238 g/mol. The van der Waals surface area contributed by atoms with Crippen LogP contribution in [0.1, 0.15) is 59.3 Å². The van der Waals surface area contributed by atoms with Crippen molar-refractivity contribution in [3.05, 3.63) is 0 Å². The Morgan fingerprint density at radius 1 is 1.26 bits per heavy atom. The average molecular weight is 269 g/mol. The van der Waals surface area contributed by atoms with E-state index in [1.54, 1.807) is 0 Å². The molecule has 0 aliphatic heterocycles. The Balaban J connectivity index is 2.11. The second-order valence-corrected chi connectivity index (χ2v) is 5.54. The van der Waals surface area contributed by atoms with Crippen molar-refractivity contribution in [3.63, 3.8) is 0 Å². The molecule has 19 heavy (non-hydrogen) atoms. The van der Waals surface area contributed by atoms with E-state index in [-0.39, 0.29) is 0 Å². The van der Waals surface area contributed by atoms with Crippen LogP contribution in [-0.2, 0) is 4.74 Å². The zero-order chi connectivity index (χ0) is 13.9. The molecular formula is C15H31N3O. The molecule has 1 aliphatic carbocycles. The lowest BCUT2D eigenvalue weighted by atomic mass is 9.98. The summed E-state index contributed by atoms with van der Waals surface area (Å²) in [4.78, 5) is 4.55. The molecule has 4 nitrogen and oxygen atoms in total. The summed E-state index contributed by atoms with van der Waals surface area (Å²) in [5.74, 6) is 0.912. The van der Waals surface area contributed by atoms with E-state index in [0.717, 1.165) is 32.1 Å². The molecule has 1 fully saturated rings. The lowest BCUT2D eigenvalue weighted by molar-refractivity contribution is 0.0281. The van der Waals surface area contributed by atoms with E-state index >= 15 is 0 Å². The van der Waals surface area contributed by atoms with Gasteiger partial charge in [-0.05, 0) is 40.0 Å². The molecule has 0 aromatic rings. The van der Waals surface area contributed by atoms with Crippen molar-refractivity contribution in [1.82, 2.24) is 10.6 Å². The topological polar surface area (TPSA) is 45.7 Å². The summed E-state index contributed by atoms with van der Waals surface area (Å²) in [5.41, 5.74) is 0. The van der Waals surface area contributed by atoms with Crippen LogP contribution in [0.15, 0.2) is 4.99 Å². The zero-order valence-corrected chi connectivity index (χ0v) is 12.9. The molecule has 112 valence electrons. The minimum absolute atomic E-state index is 0.413. The summed E-state index contributed by atoms with van der Waals surface area (Å²) in [6.07, 6.45) is 8.08. The van der Waals surface area contributed by atoms with Gasteiger partial charge in [-0.15, -0.1) is 0 Å². The second kappa shape index (κ2) is 10.1. The number of nitrogens with zero attached hydrogens (tertiary/aromatic N) is 1. The third-order valence-electron chi connectivity index (χ3n) is 3.25. The molecule has 0 amide bonds. The van der Waals surface area contributed by atoms with Gasteiger partial charge in [0.15, 0.2) is 5.96 Å². The summed E-state index contributed by atoms with van der Waals surface area (Å²) < 4.78 is 5.90. The van der Waals surface area contributed by atoms with Crippen LogP contribution in [0.3, 0.4) is 0 Å². The molecule has 1 rings (SSSR count). The van der Waals surface area contributed by atoms with Gasteiger partial charge in [-0.2, -0.15) is 0 Å². The van der Waals surface area contributed by atoms with Crippen LogP contribution in [0, 0.1) is 0 Å². The fourth-order valence-electron chi connectivity index (χ4n) is 2.33. The number of hydrogen-bond donors (Lipinski definition) is 2. The quantitative estimate of drug-likeness (QED) is 0.424. The van der Waals surface area contributed by atoms with Crippen LogP contribution in [0.2, 0.25) is 0 Å². The third kappa shape index (κ3) is 8.09. The molecule has 4 heteroatoms. The van der Waals surface area contributed by atoms with Gasteiger partial charge in [-0.1, -0.05) is 19.3 Å². The van der Waals surface area contributed by atoms with Crippen LogP contribution < -0.4 is 10.6 Å². The van der Waals surface area contributed by atoms with Gasteiger partial charge in [0.25, 0.3) is 0 Å². The van der Waals surface area contributed by atoms with Crippen molar-refractivity contribution < 1.29 is 4.74 Å². The van der Waals surface area contributed by atoms with Crippen molar-refractivity contribution in [2.45, 2.75) is 71.4 Å². The Hall–Kier alpha value is -0.770. The Bertz CT molecular complexity index is 248. The van der Waals surface area contributed by atoms with Crippen LogP contribution in [0.25, 0.3) is 0 Å². The van der Waals surface area contributed by atoms with Crippen LogP contribution in [0.4, 0.5) is 0 Å². The summed E-state index contributed by atoms with van der Waals surface area (Å²) in [6.45, 7) is 8.91. The Labute approximate surface area is 118 Å². The highest BCUT2D eigenvalue weighted by Gasteiger charge is 2.12. The number of nitrogens with one attached hydrogen (secondary N) is 2. The molecule has 0 heterocycles. The summed E-state index contributed by atoms with van der Waals surface area (Å²) >= 11 is 0. The van der Waals surface area contributed by atoms with Crippen molar-refractivity contribution in [2.75, 3.05) is 19.7 Å². The number of ether oxygens (including phenoxy) is 1. The number of rotatable bonds is 7. The highest BCUT2D eigenvalue weighted by molar-refractivity contribution is 5.79. The minimum Gasteiger partial charge on any atom is -0.378 e. The Kier molecular flexibility index (Phi) is 8.63. The third-order valence-corrected chi connectivity index (χ3v) is 3.25. The molecule has 0 aromatic carbocycles. The van der Waals surface area contributed by atoms with Crippen LogP contribution in [-0.4, -0.2) is 37.8 Å². The molecule has 0 saturated heterocycles. The lowest BCUT2D eigenvalue weighted by Gasteiger charge is -2.21. The Morgan fingerprint density at radius 3 is 2.63 bits per heavy atom. The summed E-state index contributed by atoms with van der Waals surface area (Å²) in [6, 6.07) is 0.413. The van der Waals surface area contributed by atoms with Gasteiger partial charge < -0.3 is 15.4 Å². The number of hydrogen-bond acceptors (Lipinski definition) is 2. The SMILES string of the molecule is CCNC(=NCCCOC1CCCCC1)NC(C)C. The molecule has 0 atom stereocenters.